The first-order valence-electron chi connectivity index (χ1n) is 12.5. The SMILES string of the molecule is CCCCCCCCCCCCCCCCOC(=O)NCCN1CCCCC1. The van der Waals surface area contributed by atoms with Crippen LogP contribution in [-0.2, 0) is 4.74 Å². The third-order valence-electron chi connectivity index (χ3n) is 5.88. The fraction of sp³-hybridized carbons (Fsp3) is 0.958. The Hall–Kier alpha value is -0.770. The van der Waals surface area contributed by atoms with Crippen LogP contribution in [0.4, 0.5) is 4.79 Å². The van der Waals surface area contributed by atoms with E-state index in [1.807, 2.05) is 0 Å². The quantitative estimate of drug-likeness (QED) is 0.263. The lowest BCUT2D eigenvalue weighted by atomic mass is 10.0. The van der Waals surface area contributed by atoms with E-state index in [1.54, 1.807) is 0 Å². The maximum atomic E-state index is 11.7. The fourth-order valence-electron chi connectivity index (χ4n) is 4.01. The topological polar surface area (TPSA) is 41.6 Å². The van der Waals surface area contributed by atoms with Gasteiger partial charge in [-0.3, -0.25) is 0 Å². The molecule has 0 aromatic rings. The minimum Gasteiger partial charge on any atom is -0.450 e. The third kappa shape index (κ3) is 16.2. The molecule has 0 atom stereocenters. The molecule has 1 aliphatic rings. The Labute approximate surface area is 175 Å². The molecule has 1 rings (SSSR count). The zero-order chi connectivity index (χ0) is 20.1. The van der Waals surface area contributed by atoms with Crippen molar-refractivity contribution in [3.05, 3.63) is 0 Å². The van der Waals surface area contributed by atoms with Gasteiger partial charge < -0.3 is 15.0 Å². The molecule has 28 heavy (non-hydrogen) atoms. The number of piperidine rings is 1. The highest BCUT2D eigenvalue weighted by Crippen LogP contribution is 2.13. The van der Waals surface area contributed by atoms with Crippen molar-refractivity contribution in [1.82, 2.24) is 10.2 Å². The third-order valence-corrected chi connectivity index (χ3v) is 5.88. The van der Waals surface area contributed by atoms with Crippen molar-refractivity contribution >= 4 is 6.09 Å². The first-order valence-corrected chi connectivity index (χ1v) is 12.5. The van der Waals surface area contributed by atoms with E-state index in [9.17, 15) is 4.79 Å². The first kappa shape index (κ1) is 25.3. The minimum absolute atomic E-state index is 0.244. The molecule has 1 fully saturated rings. The van der Waals surface area contributed by atoms with Gasteiger partial charge in [0.2, 0.25) is 0 Å². The molecule has 1 saturated heterocycles. The van der Waals surface area contributed by atoms with Crippen LogP contribution < -0.4 is 5.32 Å². The lowest BCUT2D eigenvalue weighted by Gasteiger charge is -2.26. The van der Waals surface area contributed by atoms with E-state index >= 15 is 0 Å². The molecule has 4 heteroatoms. The predicted octanol–water partition coefficient (Wildman–Crippen LogP) is 6.68. The second-order valence-corrected chi connectivity index (χ2v) is 8.56. The summed E-state index contributed by atoms with van der Waals surface area (Å²) in [7, 11) is 0. The van der Waals surface area contributed by atoms with Gasteiger partial charge in [0, 0.05) is 13.1 Å². The molecule has 1 N–H and O–H groups in total. The number of hydrogen-bond donors (Lipinski definition) is 1. The number of amides is 1. The lowest BCUT2D eigenvalue weighted by molar-refractivity contribution is 0.141. The predicted molar refractivity (Wildman–Crippen MR) is 120 cm³/mol. The van der Waals surface area contributed by atoms with Crippen LogP contribution in [-0.4, -0.2) is 43.8 Å². The highest BCUT2D eigenvalue weighted by atomic mass is 16.5. The number of alkyl carbamates (subject to hydrolysis) is 1. The van der Waals surface area contributed by atoms with E-state index in [1.165, 1.54) is 116 Å². The number of hydrogen-bond acceptors (Lipinski definition) is 3. The van der Waals surface area contributed by atoms with Crippen molar-refractivity contribution in [2.24, 2.45) is 0 Å². The molecule has 1 aliphatic heterocycles. The van der Waals surface area contributed by atoms with E-state index in [4.69, 9.17) is 4.74 Å². The summed E-state index contributed by atoms with van der Waals surface area (Å²) in [5, 5.41) is 2.88. The molecule has 166 valence electrons. The molecule has 0 aromatic carbocycles. The standard InChI is InChI=1S/C24H48N2O2/c1-2-3-4-5-6-7-8-9-10-11-12-13-14-18-23-28-24(27)25-19-22-26-20-16-15-17-21-26/h2-23H2,1H3,(H,25,27). The van der Waals surface area contributed by atoms with Crippen LogP contribution in [0, 0.1) is 0 Å². The second-order valence-electron chi connectivity index (χ2n) is 8.56. The van der Waals surface area contributed by atoms with Gasteiger partial charge in [-0.2, -0.15) is 0 Å². The molecule has 0 aromatic heterocycles. The van der Waals surface area contributed by atoms with Crippen LogP contribution in [0.5, 0.6) is 0 Å². The normalized spacial score (nSPS) is 14.9. The van der Waals surface area contributed by atoms with Gasteiger partial charge in [0.1, 0.15) is 0 Å². The van der Waals surface area contributed by atoms with Crippen LogP contribution in [0.15, 0.2) is 0 Å². The molecule has 0 saturated carbocycles. The zero-order valence-corrected chi connectivity index (χ0v) is 18.8. The van der Waals surface area contributed by atoms with Gasteiger partial charge in [0.15, 0.2) is 0 Å². The summed E-state index contributed by atoms with van der Waals surface area (Å²) in [5.41, 5.74) is 0. The van der Waals surface area contributed by atoms with E-state index in [0.29, 0.717) is 13.2 Å². The van der Waals surface area contributed by atoms with Gasteiger partial charge >= 0.3 is 6.09 Å². The second kappa shape index (κ2) is 19.5. The smallest absolute Gasteiger partial charge is 0.407 e. The van der Waals surface area contributed by atoms with Gasteiger partial charge in [-0.1, -0.05) is 96.8 Å². The van der Waals surface area contributed by atoms with Crippen LogP contribution in [0.3, 0.4) is 0 Å². The minimum atomic E-state index is -0.244. The monoisotopic (exact) mass is 396 g/mol. The van der Waals surface area contributed by atoms with Crippen molar-refractivity contribution in [2.75, 3.05) is 32.8 Å². The number of rotatable bonds is 18. The van der Waals surface area contributed by atoms with Crippen molar-refractivity contribution < 1.29 is 9.53 Å². The molecule has 0 bridgehead atoms. The van der Waals surface area contributed by atoms with Crippen LogP contribution in [0.25, 0.3) is 0 Å². The molecule has 0 aliphatic carbocycles. The summed E-state index contributed by atoms with van der Waals surface area (Å²) < 4.78 is 5.27. The lowest BCUT2D eigenvalue weighted by Crippen LogP contribution is -2.37. The first-order chi connectivity index (χ1) is 13.8. The summed E-state index contributed by atoms with van der Waals surface area (Å²) >= 11 is 0. The summed E-state index contributed by atoms with van der Waals surface area (Å²) in [6, 6.07) is 0. The maximum absolute atomic E-state index is 11.7. The number of likely N-dealkylation sites (tertiary alicyclic amines) is 1. The van der Waals surface area contributed by atoms with Gasteiger partial charge in [-0.15, -0.1) is 0 Å². The number of nitrogens with one attached hydrogen (secondary N) is 1. The molecule has 4 nitrogen and oxygen atoms in total. The number of ether oxygens (including phenoxy) is 1. The summed E-state index contributed by atoms with van der Waals surface area (Å²) in [4.78, 5) is 14.1. The Kier molecular flexibility index (Phi) is 17.6. The summed E-state index contributed by atoms with van der Waals surface area (Å²) in [5.74, 6) is 0. The van der Waals surface area contributed by atoms with Crippen molar-refractivity contribution in [3.8, 4) is 0 Å². The van der Waals surface area contributed by atoms with Gasteiger partial charge in [-0.25, -0.2) is 4.79 Å². The zero-order valence-electron chi connectivity index (χ0n) is 18.8. The summed E-state index contributed by atoms with van der Waals surface area (Å²) in [6.07, 6.45) is 22.6. The summed E-state index contributed by atoms with van der Waals surface area (Å²) in [6.45, 7) is 6.85. The molecule has 0 radical (unpaired) electrons. The van der Waals surface area contributed by atoms with Crippen molar-refractivity contribution in [2.45, 2.75) is 116 Å². The van der Waals surface area contributed by atoms with Gasteiger partial charge in [0.25, 0.3) is 0 Å². The van der Waals surface area contributed by atoms with E-state index in [0.717, 1.165) is 13.0 Å². The molecular formula is C24H48N2O2. The number of nitrogens with zero attached hydrogens (tertiary/aromatic N) is 1. The van der Waals surface area contributed by atoms with E-state index < -0.39 is 0 Å². The molecule has 0 unspecified atom stereocenters. The Bertz CT molecular complexity index is 343. The highest BCUT2D eigenvalue weighted by molar-refractivity contribution is 5.67. The van der Waals surface area contributed by atoms with Crippen molar-refractivity contribution in [1.29, 1.82) is 0 Å². The Morgan fingerprint density at radius 3 is 1.79 bits per heavy atom. The van der Waals surface area contributed by atoms with E-state index in [2.05, 4.69) is 17.1 Å². The van der Waals surface area contributed by atoms with Gasteiger partial charge in [0.05, 0.1) is 6.61 Å². The number of carbonyl (C=O) groups is 1. The largest absolute Gasteiger partial charge is 0.450 e. The van der Waals surface area contributed by atoms with E-state index in [-0.39, 0.29) is 6.09 Å². The average molecular weight is 397 g/mol. The molecule has 0 spiro atoms. The van der Waals surface area contributed by atoms with Crippen LogP contribution in [0.2, 0.25) is 0 Å². The number of carbonyl (C=O) groups excluding carboxylic acids is 1. The molecule has 1 heterocycles. The van der Waals surface area contributed by atoms with Crippen LogP contribution in [0.1, 0.15) is 116 Å². The van der Waals surface area contributed by atoms with Crippen LogP contribution >= 0.6 is 0 Å². The van der Waals surface area contributed by atoms with Gasteiger partial charge in [-0.05, 0) is 32.4 Å². The number of unbranched alkanes of at least 4 members (excludes halogenated alkanes) is 13. The maximum Gasteiger partial charge on any atom is 0.407 e. The average Bonchev–Trinajstić information content (AvgIpc) is 2.71. The highest BCUT2D eigenvalue weighted by Gasteiger charge is 2.10. The Morgan fingerprint density at radius 2 is 1.25 bits per heavy atom. The molecular weight excluding hydrogens is 348 g/mol. The van der Waals surface area contributed by atoms with Crippen molar-refractivity contribution in [3.63, 3.8) is 0 Å². The molecule has 1 amide bonds. The fourth-order valence-corrected chi connectivity index (χ4v) is 4.01. The Morgan fingerprint density at radius 1 is 0.750 bits per heavy atom. The Balaban J connectivity index is 1.72.